The topological polar surface area (TPSA) is 79.8 Å². The van der Waals surface area contributed by atoms with Crippen molar-refractivity contribution in [3.63, 3.8) is 0 Å². The van der Waals surface area contributed by atoms with E-state index < -0.39 is 0 Å². The molecule has 0 fully saturated rings. The number of carbonyl (C=O) groups is 1. The predicted molar refractivity (Wildman–Crippen MR) is 124 cm³/mol. The standard InChI is InChI=1S/C25H26N4O2/c1-4-18-10-12-19(13-11-18)27-22(30)15-14-21-16(2)23-24(26-17(21)3)28-29(25(23)31)20-8-6-5-7-9-20/h5-13H,4,14-15H2,1-3H3,(H,26,28)(H,27,30). The number of amides is 1. The van der Waals surface area contributed by atoms with Crippen LogP contribution in [0.2, 0.25) is 0 Å². The quantitative estimate of drug-likeness (QED) is 0.489. The van der Waals surface area contributed by atoms with Gasteiger partial charge >= 0.3 is 0 Å². The van der Waals surface area contributed by atoms with Crippen LogP contribution in [-0.2, 0) is 17.6 Å². The monoisotopic (exact) mass is 414 g/mol. The number of rotatable bonds is 6. The van der Waals surface area contributed by atoms with Crippen molar-refractivity contribution >= 4 is 22.6 Å². The van der Waals surface area contributed by atoms with E-state index in [1.54, 1.807) is 0 Å². The van der Waals surface area contributed by atoms with E-state index >= 15 is 0 Å². The second-order valence-electron chi connectivity index (χ2n) is 7.71. The van der Waals surface area contributed by atoms with Crippen molar-refractivity contribution in [2.45, 2.75) is 40.0 Å². The first-order valence-electron chi connectivity index (χ1n) is 10.5. The zero-order chi connectivity index (χ0) is 22.0. The Bertz CT molecular complexity index is 1290. The Morgan fingerprint density at radius 1 is 1.06 bits per heavy atom. The van der Waals surface area contributed by atoms with Crippen LogP contribution in [0.4, 0.5) is 5.69 Å². The minimum atomic E-state index is -0.132. The van der Waals surface area contributed by atoms with Crippen LogP contribution in [0.1, 0.15) is 35.7 Å². The molecule has 2 aromatic heterocycles. The molecule has 0 unspecified atom stereocenters. The van der Waals surface area contributed by atoms with Crippen LogP contribution >= 0.6 is 0 Å². The Labute approximate surface area is 180 Å². The zero-order valence-electron chi connectivity index (χ0n) is 18.0. The lowest BCUT2D eigenvalue weighted by atomic mass is 10.00. The van der Waals surface area contributed by atoms with Crippen LogP contribution in [0, 0.1) is 13.8 Å². The van der Waals surface area contributed by atoms with E-state index in [9.17, 15) is 9.59 Å². The highest BCUT2D eigenvalue weighted by Gasteiger charge is 2.17. The Morgan fingerprint density at radius 2 is 1.77 bits per heavy atom. The van der Waals surface area contributed by atoms with E-state index in [1.165, 1.54) is 10.2 Å². The van der Waals surface area contributed by atoms with Gasteiger partial charge in [0.15, 0.2) is 5.65 Å². The maximum absolute atomic E-state index is 13.1. The smallest absolute Gasteiger partial charge is 0.281 e. The van der Waals surface area contributed by atoms with Gasteiger partial charge < -0.3 is 5.32 Å². The molecule has 0 atom stereocenters. The van der Waals surface area contributed by atoms with Crippen LogP contribution in [0.3, 0.4) is 0 Å². The van der Waals surface area contributed by atoms with Gasteiger partial charge in [-0.25, -0.2) is 9.67 Å². The molecule has 6 heteroatoms. The summed E-state index contributed by atoms with van der Waals surface area (Å²) in [4.78, 5) is 30.2. The molecule has 0 aliphatic carbocycles. The molecule has 0 radical (unpaired) electrons. The van der Waals surface area contributed by atoms with Crippen molar-refractivity contribution in [3.05, 3.63) is 87.3 Å². The fourth-order valence-electron chi connectivity index (χ4n) is 3.92. The van der Waals surface area contributed by atoms with Crippen molar-refractivity contribution in [3.8, 4) is 5.69 Å². The maximum atomic E-state index is 13.1. The Kier molecular flexibility index (Phi) is 5.71. The number of hydrogen-bond acceptors (Lipinski definition) is 3. The number of aromatic nitrogens is 3. The number of carbonyl (C=O) groups excluding carboxylic acids is 1. The first-order valence-corrected chi connectivity index (χ1v) is 10.5. The molecular weight excluding hydrogens is 388 g/mol. The molecule has 158 valence electrons. The SMILES string of the molecule is CCc1ccc(NC(=O)CCc2c(C)nc3[nH]n(-c4ccccc4)c(=O)c3c2C)cc1. The summed E-state index contributed by atoms with van der Waals surface area (Å²) in [5, 5.41) is 6.62. The number of fused-ring (bicyclic) bond motifs is 1. The van der Waals surface area contributed by atoms with E-state index in [4.69, 9.17) is 0 Å². The summed E-state index contributed by atoms with van der Waals surface area (Å²) in [5.41, 5.74) is 5.86. The summed E-state index contributed by atoms with van der Waals surface area (Å²) < 4.78 is 1.51. The minimum absolute atomic E-state index is 0.0566. The summed E-state index contributed by atoms with van der Waals surface area (Å²) in [7, 11) is 0. The highest BCUT2D eigenvalue weighted by atomic mass is 16.1. The fourth-order valence-corrected chi connectivity index (χ4v) is 3.92. The van der Waals surface area contributed by atoms with Crippen molar-refractivity contribution in [2.24, 2.45) is 0 Å². The molecule has 0 saturated heterocycles. The first kappa shape index (κ1) is 20.6. The van der Waals surface area contributed by atoms with Gasteiger partial charge in [-0.2, -0.15) is 0 Å². The molecule has 4 rings (SSSR count). The van der Waals surface area contributed by atoms with Gasteiger partial charge in [-0.3, -0.25) is 14.7 Å². The number of aromatic amines is 1. The molecule has 0 spiro atoms. The van der Waals surface area contributed by atoms with Gasteiger partial charge in [-0.05, 0) is 67.6 Å². The Morgan fingerprint density at radius 3 is 2.45 bits per heavy atom. The third-order valence-electron chi connectivity index (χ3n) is 5.68. The van der Waals surface area contributed by atoms with Crippen LogP contribution in [-0.4, -0.2) is 20.7 Å². The van der Waals surface area contributed by atoms with Gasteiger partial charge in [-0.15, -0.1) is 0 Å². The molecule has 2 N–H and O–H groups in total. The molecule has 0 aliphatic heterocycles. The minimum Gasteiger partial charge on any atom is -0.326 e. The van der Waals surface area contributed by atoms with Crippen LogP contribution < -0.4 is 10.9 Å². The molecule has 1 amide bonds. The molecule has 31 heavy (non-hydrogen) atoms. The van der Waals surface area contributed by atoms with Crippen LogP contribution in [0.25, 0.3) is 16.7 Å². The number of para-hydroxylation sites is 1. The summed E-state index contributed by atoms with van der Waals surface area (Å²) in [6, 6.07) is 17.3. The molecule has 4 aromatic rings. The second kappa shape index (κ2) is 8.60. The third kappa shape index (κ3) is 4.14. The van der Waals surface area contributed by atoms with E-state index in [1.807, 2.05) is 68.4 Å². The fraction of sp³-hybridized carbons (Fsp3) is 0.240. The van der Waals surface area contributed by atoms with Gasteiger partial charge in [0.2, 0.25) is 5.91 Å². The zero-order valence-corrected chi connectivity index (χ0v) is 18.0. The number of anilines is 1. The molecule has 0 bridgehead atoms. The van der Waals surface area contributed by atoms with Crippen molar-refractivity contribution in [2.75, 3.05) is 5.32 Å². The summed E-state index contributed by atoms with van der Waals surface area (Å²) in [6.07, 6.45) is 1.81. The number of H-pyrrole nitrogens is 1. The van der Waals surface area contributed by atoms with Crippen LogP contribution in [0.15, 0.2) is 59.4 Å². The van der Waals surface area contributed by atoms with Gasteiger partial charge in [-0.1, -0.05) is 37.3 Å². The summed E-state index contributed by atoms with van der Waals surface area (Å²) in [6.45, 7) is 5.95. The number of pyridine rings is 1. The average Bonchev–Trinajstić information content (AvgIpc) is 3.10. The Hall–Kier alpha value is -3.67. The van der Waals surface area contributed by atoms with Gasteiger partial charge in [0, 0.05) is 17.8 Å². The number of nitrogens with one attached hydrogen (secondary N) is 2. The number of hydrogen-bond donors (Lipinski definition) is 2. The predicted octanol–water partition coefficient (Wildman–Crippen LogP) is 4.46. The number of nitrogens with zero attached hydrogens (tertiary/aromatic N) is 2. The van der Waals surface area contributed by atoms with Crippen molar-refractivity contribution in [1.29, 1.82) is 0 Å². The molecule has 2 heterocycles. The van der Waals surface area contributed by atoms with E-state index in [-0.39, 0.29) is 11.5 Å². The molecule has 0 aliphatic rings. The van der Waals surface area contributed by atoms with E-state index in [2.05, 4.69) is 22.3 Å². The molecule has 6 nitrogen and oxygen atoms in total. The number of aryl methyl sites for hydroxylation is 3. The highest BCUT2D eigenvalue weighted by Crippen LogP contribution is 2.22. The van der Waals surface area contributed by atoms with Crippen LogP contribution in [0.5, 0.6) is 0 Å². The van der Waals surface area contributed by atoms with Gasteiger partial charge in [0.25, 0.3) is 5.56 Å². The van der Waals surface area contributed by atoms with E-state index in [0.29, 0.717) is 23.9 Å². The average molecular weight is 415 g/mol. The van der Waals surface area contributed by atoms with E-state index in [0.717, 1.165) is 34.6 Å². The molecular formula is C25H26N4O2. The maximum Gasteiger partial charge on any atom is 0.281 e. The number of benzene rings is 2. The van der Waals surface area contributed by atoms with Gasteiger partial charge in [0.1, 0.15) is 0 Å². The molecule has 2 aromatic carbocycles. The van der Waals surface area contributed by atoms with Crippen molar-refractivity contribution < 1.29 is 4.79 Å². The highest BCUT2D eigenvalue weighted by molar-refractivity contribution is 5.91. The first-order chi connectivity index (χ1) is 15.0. The van der Waals surface area contributed by atoms with Gasteiger partial charge in [0.05, 0.1) is 11.1 Å². The second-order valence-corrected chi connectivity index (χ2v) is 7.71. The largest absolute Gasteiger partial charge is 0.326 e. The van der Waals surface area contributed by atoms with Crippen molar-refractivity contribution in [1.82, 2.24) is 14.8 Å². The third-order valence-corrected chi connectivity index (χ3v) is 5.68. The molecule has 0 saturated carbocycles. The summed E-state index contributed by atoms with van der Waals surface area (Å²) in [5.74, 6) is -0.0566. The lowest BCUT2D eigenvalue weighted by Gasteiger charge is -2.10. The summed E-state index contributed by atoms with van der Waals surface area (Å²) >= 11 is 0. The lowest BCUT2D eigenvalue weighted by Crippen LogP contribution is -2.15. The lowest BCUT2D eigenvalue weighted by molar-refractivity contribution is -0.116. The normalized spacial score (nSPS) is 11.1. The Balaban J connectivity index is 1.57.